The Labute approximate surface area is 144 Å². The van der Waals surface area contributed by atoms with Crippen molar-refractivity contribution in [2.75, 3.05) is 25.0 Å². The highest BCUT2D eigenvalue weighted by atomic mass is 16.6. The van der Waals surface area contributed by atoms with E-state index in [0.29, 0.717) is 24.6 Å². The Hall–Kier alpha value is -2.97. The number of nitrogens with zero attached hydrogens (tertiary/aromatic N) is 5. The Morgan fingerprint density at radius 1 is 1.48 bits per heavy atom. The molecule has 0 bridgehead atoms. The molecule has 9 heteroatoms. The lowest BCUT2D eigenvalue weighted by atomic mass is 10.1. The van der Waals surface area contributed by atoms with Crippen LogP contribution in [0, 0.1) is 17.0 Å². The molecule has 0 radical (unpaired) electrons. The number of piperidine rings is 1. The maximum Gasteiger partial charge on any atom is 0.311 e. The number of aryl methyl sites for hydroxylation is 1. The van der Waals surface area contributed by atoms with Crippen molar-refractivity contribution in [3.63, 3.8) is 0 Å². The number of amides is 1. The monoisotopic (exact) mass is 344 g/mol. The fraction of sp³-hybridized carbons (Fsp3) is 0.438. The summed E-state index contributed by atoms with van der Waals surface area (Å²) in [6.45, 7) is 3.05. The van der Waals surface area contributed by atoms with Crippen LogP contribution in [-0.2, 0) is 0 Å². The fourth-order valence-corrected chi connectivity index (χ4v) is 3.08. The summed E-state index contributed by atoms with van der Waals surface area (Å²) >= 11 is 0. The first kappa shape index (κ1) is 16.9. The topological polar surface area (TPSA) is 106 Å². The van der Waals surface area contributed by atoms with Gasteiger partial charge in [0.25, 0.3) is 5.91 Å². The van der Waals surface area contributed by atoms with Gasteiger partial charge in [-0.25, -0.2) is 4.98 Å². The first-order valence-corrected chi connectivity index (χ1v) is 8.13. The highest BCUT2D eigenvalue weighted by molar-refractivity contribution is 5.91. The first-order chi connectivity index (χ1) is 12.0. The molecule has 0 aromatic carbocycles. The average Bonchev–Trinajstić information content (AvgIpc) is 3.11. The number of nitro groups is 1. The molecule has 1 fully saturated rings. The molecule has 2 aromatic heterocycles. The van der Waals surface area contributed by atoms with Crippen LogP contribution in [0.15, 0.2) is 24.5 Å². The molecular weight excluding hydrogens is 324 g/mol. The van der Waals surface area contributed by atoms with Crippen molar-refractivity contribution in [1.82, 2.24) is 20.1 Å². The van der Waals surface area contributed by atoms with E-state index in [1.807, 2.05) is 4.90 Å². The molecule has 1 atom stereocenters. The molecule has 3 heterocycles. The zero-order valence-corrected chi connectivity index (χ0v) is 14.2. The van der Waals surface area contributed by atoms with Crippen LogP contribution in [0.25, 0.3) is 0 Å². The fourth-order valence-electron chi connectivity index (χ4n) is 3.08. The van der Waals surface area contributed by atoms with Gasteiger partial charge in [0.1, 0.15) is 5.69 Å². The van der Waals surface area contributed by atoms with Gasteiger partial charge in [0.15, 0.2) is 0 Å². The lowest BCUT2D eigenvalue weighted by Crippen LogP contribution is -2.37. The molecule has 1 aliphatic rings. The zero-order valence-electron chi connectivity index (χ0n) is 14.2. The van der Waals surface area contributed by atoms with E-state index in [9.17, 15) is 14.9 Å². The van der Waals surface area contributed by atoms with Gasteiger partial charge in [0.05, 0.1) is 11.0 Å². The largest absolute Gasteiger partial charge is 0.354 e. The predicted molar refractivity (Wildman–Crippen MR) is 91.7 cm³/mol. The van der Waals surface area contributed by atoms with Crippen LogP contribution < -0.4 is 10.2 Å². The summed E-state index contributed by atoms with van der Waals surface area (Å²) in [7, 11) is 1.56. The highest BCUT2D eigenvalue weighted by Gasteiger charge is 2.28. The van der Waals surface area contributed by atoms with E-state index >= 15 is 0 Å². The Kier molecular flexibility index (Phi) is 4.64. The Bertz CT molecular complexity index is 803. The third-order valence-electron chi connectivity index (χ3n) is 4.32. The van der Waals surface area contributed by atoms with E-state index in [-0.39, 0.29) is 17.6 Å². The van der Waals surface area contributed by atoms with Crippen LogP contribution >= 0.6 is 0 Å². The Morgan fingerprint density at radius 3 is 3.00 bits per heavy atom. The summed E-state index contributed by atoms with van der Waals surface area (Å²) in [5, 5.41) is 18.2. The third kappa shape index (κ3) is 3.44. The van der Waals surface area contributed by atoms with Gasteiger partial charge >= 0.3 is 5.69 Å². The molecular formula is C16H20N6O3. The second-order valence-electron chi connectivity index (χ2n) is 6.11. The van der Waals surface area contributed by atoms with E-state index in [4.69, 9.17) is 0 Å². The number of hydrogen-bond donors (Lipinski definition) is 1. The molecule has 9 nitrogen and oxygen atoms in total. The molecule has 1 aliphatic heterocycles. The van der Waals surface area contributed by atoms with E-state index in [0.717, 1.165) is 18.4 Å². The molecule has 132 valence electrons. The summed E-state index contributed by atoms with van der Waals surface area (Å²) in [5.41, 5.74) is 1.14. The molecule has 2 aromatic rings. The molecule has 25 heavy (non-hydrogen) atoms. The number of nitrogens with one attached hydrogen (secondary N) is 1. The van der Waals surface area contributed by atoms with Gasteiger partial charge in [-0.3, -0.25) is 19.6 Å². The van der Waals surface area contributed by atoms with Crippen molar-refractivity contribution >= 4 is 17.4 Å². The summed E-state index contributed by atoms with van der Waals surface area (Å²) < 4.78 is 1.76. The van der Waals surface area contributed by atoms with Gasteiger partial charge in [0.2, 0.25) is 5.82 Å². The Balaban J connectivity index is 1.83. The van der Waals surface area contributed by atoms with Crippen molar-refractivity contribution in [2.45, 2.75) is 25.8 Å². The minimum atomic E-state index is -0.392. The van der Waals surface area contributed by atoms with E-state index in [1.165, 1.54) is 0 Å². The standard InChI is InChI=1S/C16H20N6O3/c1-11-8-14(22(24)25)15(18-9-11)20-6-3-4-12(10-20)21-7-5-13(19-21)16(23)17-2/h5,7-9,12H,3-4,6,10H2,1-2H3,(H,17,23)/t12-/m0/s1. The van der Waals surface area contributed by atoms with E-state index in [1.54, 1.807) is 43.2 Å². The lowest BCUT2D eigenvalue weighted by Gasteiger charge is -2.33. The van der Waals surface area contributed by atoms with Gasteiger partial charge < -0.3 is 10.2 Å². The predicted octanol–water partition coefficient (Wildman–Crippen LogP) is 1.70. The average molecular weight is 344 g/mol. The van der Waals surface area contributed by atoms with Crippen molar-refractivity contribution in [2.24, 2.45) is 0 Å². The number of carbonyl (C=O) groups excluding carboxylic acids is 1. The summed E-state index contributed by atoms with van der Waals surface area (Å²) in [5.74, 6) is 0.154. The maximum absolute atomic E-state index is 11.7. The molecule has 0 unspecified atom stereocenters. The molecule has 0 spiro atoms. The van der Waals surface area contributed by atoms with Crippen LogP contribution in [-0.4, -0.2) is 45.7 Å². The van der Waals surface area contributed by atoms with Gasteiger partial charge in [-0.05, 0) is 31.4 Å². The van der Waals surface area contributed by atoms with Crippen molar-refractivity contribution in [3.05, 3.63) is 45.9 Å². The number of aromatic nitrogens is 3. The molecule has 0 aliphatic carbocycles. The van der Waals surface area contributed by atoms with Crippen LogP contribution in [0.4, 0.5) is 11.5 Å². The summed E-state index contributed by atoms with van der Waals surface area (Å²) in [6, 6.07) is 3.25. The molecule has 1 saturated heterocycles. The number of hydrogen-bond acceptors (Lipinski definition) is 6. The zero-order chi connectivity index (χ0) is 18.0. The van der Waals surface area contributed by atoms with Crippen LogP contribution in [0.3, 0.4) is 0 Å². The molecule has 0 saturated carbocycles. The van der Waals surface area contributed by atoms with E-state index in [2.05, 4.69) is 15.4 Å². The molecule has 3 rings (SSSR count). The summed E-state index contributed by atoms with van der Waals surface area (Å²) in [6.07, 6.45) is 5.18. The number of rotatable bonds is 4. The van der Waals surface area contributed by atoms with Crippen molar-refractivity contribution in [1.29, 1.82) is 0 Å². The molecule has 1 amide bonds. The quantitative estimate of drug-likeness (QED) is 0.668. The number of carbonyl (C=O) groups is 1. The van der Waals surface area contributed by atoms with Crippen LogP contribution in [0.2, 0.25) is 0 Å². The van der Waals surface area contributed by atoms with Gasteiger partial charge in [-0.2, -0.15) is 5.10 Å². The van der Waals surface area contributed by atoms with Crippen molar-refractivity contribution in [3.8, 4) is 0 Å². The summed E-state index contributed by atoms with van der Waals surface area (Å²) in [4.78, 5) is 28.8. The van der Waals surface area contributed by atoms with Crippen LogP contribution in [0.5, 0.6) is 0 Å². The third-order valence-corrected chi connectivity index (χ3v) is 4.32. The second-order valence-corrected chi connectivity index (χ2v) is 6.11. The van der Waals surface area contributed by atoms with Crippen LogP contribution in [0.1, 0.15) is 34.9 Å². The number of pyridine rings is 1. The first-order valence-electron chi connectivity index (χ1n) is 8.13. The maximum atomic E-state index is 11.7. The SMILES string of the molecule is CNC(=O)c1ccn([C@H]2CCCN(c3ncc(C)cc3[N+](=O)[O-])C2)n1. The van der Waals surface area contributed by atoms with Gasteiger partial charge in [-0.15, -0.1) is 0 Å². The number of anilines is 1. The lowest BCUT2D eigenvalue weighted by molar-refractivity contribution is -0.384. The second kappa shape index (κ2) is 6.88. The van der Waals surface area contributed by atoms with Crippen molar-refractivity contribution < 1.29 is 9.72 Å². The molecule has 1 N–H and O–H groups in total. The minimum Gasteiger partial charge on any atom is -0.354 e. The highest BCUT2D eigenvalue weighted by Crippen LogP contribution is 2.31. The van der Waals surface area contributed by atoms with Gasteiger partial charge in [-0.1, -0.05) is 0 Å². The van der Waals surface area contributed by atoms with E-state index < -0.39 is 4.92 Å². The Morgan fingerprint density at radius 2 is 2.28 bits per heavy atom. The van der Waals surface area contributed by atoms with Gasteiger partial charge in [0, 0.05) is 38.6 Å². The smallest absolute Gasteiger partial charge is 0.311 e. The normalized spacial score (nSPS) is 17.4. The minimum absolute atomic E-state index is 0.0205.